The van der Waals surface area contributed by atoms with Crippen LogP contribution in [0.25, 0.3) is 0 Å². The summed E-state index contributed by atoms with van der Waals surface area (Å²) in [5.41, 5.74) is 4.47. The molecule has 160 valence electrons. The molecule has 1 heteroatoms. The Labute approximate surface area is 188 Å². The molecule has 0 aliphatic carbocycles. The van der Waals surface area contributed by atoms with Gasteiger partial charge in [-0.2, -0.15) is 0 Å². The zero-order valence-corrected chi connectivity index (χ0v) is 20.5. The molecule has 0 amide bonds. The Hall–Kier alpha value is -1.08. The Balaban J connectivity index is 1.70. The molecular weight excluding hydrogens is 416 g/mol. The predicted octanol–water partition coefficient (Wildman–Crippen LogP) is 9.29. The molecule has 0 saturated carbocycles. The number of rotatable bonds is 14. The highest BCUT2D eigenvalue weighted by molar-refractivity contribution is 9.09. The van der Waals surface area contributed by atoms with Gasteiger partial charge in [0.15, 0.2) is 0 Å². The lowest BCUT2D eigenvalue weighted by Gasteiger charge is -2.21. The maximum atomic E-state index is 3.53. The topological polar surface area (TPSA) is 0 Å². The summed E-state index contributed by atoms with van der Waals surface area (Å²) in [4.78, 5) is 0. The number of halogens is 1. The summed E-state index contributed by atoms with van der Waals surface area (Å²) in [5.74, 6) is 2.27. The van der Waals surface area contributed by atoms with Crippen molar-refractivity contribution in [2.75, 3.05) is 5.33 Å². The molecule has 0 aliphatic heterocycles. The van der Waals surface area contributed by atoms with Gasteiger partial charge in [-0.05, 0) is 60.1 Å². The second-order valence-corrected chi connectivity index (χ2v) is 9.54. The summed E-state index contributed by atoms with van der Waals surface area (Å²) in [6.45, 7) is 7.12. The Bertz CT molecular complexity index is 646. The Morgan fingerprint density at radius 3 is 2.07 bits per heavy atom. The van der Waals surface area contributed by atoms with Crippen molar-refractivity contribution in [1.82, 2.24) is 0 Å². The summed E-state index contributed by atoms with van der Waals surface area (Å²) in [6, 6.07) is 20.4. The molecule has 3 unspecified atom stereocenters. The molecule has 0 aliphatic rings. The van der Waals surface area contributed by atoms with E-state index in [9.17, 15) is 0 Å². The second-order valence-electron chi connectivity index (χ2n) is 8.75. The zero-order valence-electron chi connectivity index (χ0n) is 18.9. The molecule has 0 radical (unpaired) electrons. The molecule has 2 aromatic rings. The quantitative estimate of drug-likeness (QED) is 0.196. The van der Waals surface area contributed by atoms with E-state index in [1.54, 1.807) is 0 Å². The molecule has 3 atom stereocenters. The van der Waals surface area contributed by atoms with Crippen molar-refractivity contribution in [3.8, 4) is 0 Å². The smallest absolute Gasteiger partial charge is 0.00718 e. The van der Waals surface area contributed by atoms with Crippen LogP contribution >= 0.6 is 15.9 Å². The lowest BCUT2D eigenvalue weighted by Crippen LogP contribution is -2.05. The van der Waals surface area contributed by atoms with Crippen LogP contribution in [0.3, 0.4) is 0 Å². The number of benzene rings is 2. The Kier molecular flexibility index (Phi) is 11.7. The van der Waals surface area contributed by atoms with Crippen LogP contribution in [0.1, 0.15) is 101 Å². The molecule has 0 bridgehead atoms. The van der Waals surface area contributed by atoms with Gasteiger partial charge in [0.2, 0.25) is 0 Å². The molecule has 0 saturated heterocycles. The third-order valence-corrected chi connectivity index (χ3v) is 7.02. The van der Waals surface area contributed by atoms with Gasteiger partial charge in [-0.1, -0.05) is 123 Å². The lowest BCUT2D eigenvalue weighted by molar-refractivity contribution is 0.385. The summed E-state index contributed by atoms with van der Waals surface area (Å²) in [7, 11) is 0. The fourth-order valence-electron chi connectivity index (χ4n) is 4.58. The fraction of sp³-hybridized carbons (Fsp3) is 0.571. The SMILES string of the molecule is CCC(CCCCCC(CC)c1ccccc1)CC(C)c1ccc(CCBr)cc1. The molecule has 0 heterocycles. The van der Waals surface area contributed by atoms with Crippen LogP contribution in [0.15, 0.2) is 54.6 Å². The van der Waals surface area contributed by atoms with Crippen LogP contribution in [0, 0.1) is 5.92 Å². The van der Waals surface area contributed by atoms with Gasteiger partial charge in [-0.25, -0.2) is 0 Å². The lowest BCUT2D eigenvalue weighted by atomic mass is 9.85. The number of hydrogen-bond donors (Lipinski definition) is 0. The molecule has 0 aromatic heterocycles. The standard InChI is InChI=1S/C28H41Br/c1-4-24(22-23(3)27-18-16-25(17-19-27)20-21-29)12-8-6-9-13-26(5-2)28-14-10-7-11-15-28/h7,10-11,14-19,23-24,26H,4-6,8-9,12-13,20-22H2,1-3H3. The summed E-state index contributed by atoms with van der Waals surface area (Å²) in [5, 5.41) is 1.05. The third-order valence-electron chi connectivity index (χ3n) is 6.62. The Morgan fingerprint density at radius 1 is 0.759 bits per heavy atom. The van der Waals surface area contributed by atoms with Crippen LogP contribution < -0.4 is 0 Å². The van der Waals surface area contributed by atoms with E-state index < -0.39 is 0 Å². The van der Waals surface area contributed by atoms with Crippen molar-refractivity contribution in [2.24, 2.45) is 5.92 Å². The molecule has 0 fully saturated rings. The van der Waals surface area contributed by atoms with Crippen molar-refractivity contribution in [2.45, 2.75) is 90.4 Å². The normalized spacial score (nSPS) is 14.5. The van der Waals surface area contributed by atoms with E-state index in [0.29, 0.717) is 5.92 Å². The average molecular weight is 458 g/mol. The van der Waals surface area contributed by atoms with Crippen LogP contribution in [0.4, 0.5) is 0 Å². The molecule has 2 rings (SSSR count). The van der Waals surface area contributed by atoms with Gasteiger partial charge in [-0.15, -0.1) is 0 Å². The van der Waals surface area contributed by atoms with Gasteiger partial charge in [0, 0.05) is 5.33 Å². The number of aryl methyl sites for hydroxylation is 1. The van der Waals surface area contributed by atoms with E-state index >= 15 is 0 Å². The first kappa shape index (κ1) is 24.2. The summed E-state index contributed by atoms with van der Waals surface area (Å²) < 4.78 is 0. The number of hydrogen-bond acceptors (Lipinski definition) is 0. The zero-order chi connectivity index (χ0) is 20.9. The van der Waals surface area contributed by atoms with Gasteiger partial charge in [0.25, 0.3) is 0 Å². The molecule has 2 aromatic carbocycles. The van der Waals surface area contributed by atoms with Crippen molar-refractivity contribution in [1.29, 1.82) is 0 Å². The average Bonchev–Trinajstić information content (AvgIpc) is 2.76. The largest absolute Gasteiger partial charge is 0.0924 e. The van der Waals surface area contributed by atoms with Gasteiger partial charge < -0.3 is 0 Å². The molecular formula is C28H41Br. The van der Waals surface area contributed by atoms with Crippen molar-refractivity contribution in [3.63, 3.8) is 0 Å². The first-order chi connectivity index (χ1) is 14.2. The highest BCUT2D eigenvalue weighted by Gasteiger charge is 2.14. The third kappa shape index (κ3) is 8.67. The minimum Gasteiger partial charge on any atom is -0.0924 e. The van der Waals surface area contributed by atoms with Crippen molar-refractivity contribution >= 4 is 15.9 Å². The molecule has 0 nitrogen and oxygen atoms in total. The maximum Gasteiger partial charge on any atom is 0.00718 e. The molecule has 0 N–H and O–H groups in total. The van der Waals surface area contributed by atoms with E-state index in [2.05, 4.69) is 91.3 Å². The number of alkyl halides is 1. The van der Waals surface area contributed by atoms with Gasteiger partial charge in [0.05, 0.1) is 0 Å². The summed E-state index contributed by atoms with van der Waals surface area (Å²) in [6.07, 6.45) is 11.9. The summed E-state index contributed by atoms with van der Waals surface area (Å²) >= 11 is 3.53. The van der Waals surface area contributed by atoms with E-state index in [0.717, 1.165) is 23.6 Å². The maximum absolute atomic E-state index is 3.53. The van der Waals surface area contributed by atoms with Crippen LogP contribution in [-0.4, -0.2) is 5.33 Å². The molecule has 29 heavy (non-hydrogen) atoms. The van der Waals surface area contributed by atoms with E-state index in [4.69, 9.17) is 0 Å². The minimum atomic E-state index is 0.667. The monoisotopic (exact) mass is 456 g/mol. The highest BCUT2D eigenvalue weighted by atomic mass is 79.9. The molecule has 0 spiro atoms. The fourth-order valence-corrected chi connectivity index (χ4v) is 5.04. The van der Waals surface area contributed by atoms with E-state index in [1.165, 1.54) is 68.1 Å². The minimum absolute atomic E-state index is 0.667. The highest BCUT2D eigenvalue weighted by Crippen LogP contribution is 2.30. The van der Waals surface area contributed by atoms with Crippen LogP contribution in [-0.2, 0) is 6.42 Å². The first-order valence-electron chi connectivity index (χ1n) is 11.9. The second kappa shape index (κ2) is 14.0. The number of unbranched alkanes of at least 4 members (excludes halogenated alkanes) is 2. The van der Waals surface area contributed by atoms with Crippen LogP contribution in [0.2, 0.25) is 0 Å². The van der Waals surface area contributed by atoms with Crippen molar-refractivity contribution in [3.05, 3.63) is 71.3 Å². The van der Waals surface area contributed by atoms with E-state index in [-0.39, 0.29) is 0 Å². The van der Waals surface area contributed by atoms with Gasteiger partial charge in [-0.3, -0.25) is 0 Å². The van der Waals surface area contributed by atoms with Gasteiger partial charge >= 0.3 is 0 Å². The van der Waals surface area contributed by atoms with Gasteiger partial charge in [0.1, 0.15) is 0 Å². The van der Waals surface area contributed by atoms with E-state index in [1.807, 2.05) is 0 Å². The Morgan fingerprint density at radius 2 is 1.45 bits per heavy atom. The van der Waals surface area contributed by atoms with Crippen LogP contribution in [0.5, 0.6) is 0 Å². The van der Waals surface area contributed by atoms with Crippen molar-refractivity contribution < 1.29 is 0 Å². The first-order valence-corrected chi connectivity index (χ1v) is 13.0. The predicted molar refractivity (Wildman–Crippen MR) is 133 cm³/mol.